The monoisotopic (exact) mass is 275 g/mol. The number of likely N-dealkylation sites (N-methyl/N-ethyl adjacent to an activating group) is 1. The van der Waals surface area contributed by atoms with Crippen molar-refractivity contribution >= 4 is 17.7 Å². The average Bonchev–Trinajstić information content (AvgIpc) is 2.65. The number of amides is 1. The smallest absolute Gasteiger partial charge is 0.227 e. The number of aromatic nitrogens is 2. The van der Waals surface area contributed by atoms with Gasteiger partial charge in [0.25, 0.3) is 0 Å². The summed E-state index contributed by atoms with van der Waals surface area (Å²) in [5, 5.41) is 3.03. The first-order valence-corrected chi connectivity index (χ1v) is 7.21. The summed E-state index contributed by atoms with van der Waals surface area (Å²) in [5.74, 6) is 1.88. The topological polar surface area (TPSA) is 61.4 Å². The van der Waals surface area contributed by atoms with Crippen LogP contribution in [0.25, 0.3) is 0 Å². The van der Waals surface area contributed by atoms with Crippen molar-refractivity contribution in [3.8, 4) is 0 Å². The number of carbonyl (C=O) groups excluding carboxylic acids is 1. The standard InChI is InChI=1S/C14H21N5O/c1-15-12-6-7-16-14(17-12)19-8-10-4-3-5-11(9-19)18(2)13(10)20/h6-7,10-11H,3-5,8-9H2,1-2H3,(H,15,16,17)/t10-,11+/m1/s1. The van der Waals surface area contributed by atoms with Crippen molar-refractivity contribution in [3.05, 3.63) is 12.3 Å². The van der Waals surface area contributed by atoms with E-state index in [4.69, 9.17) is 0 Å². The van der Waals surface area contributed by atoms with E-state index in [-0.39, 0.29) is 17.9 Å². The summed E-state index contributed by atoms with van der Waals surface area (Å²) in [4.78, 5) is 25.3. The molecule has 0 unspecified atom stereocenters. The average molecular weight is 275 g/mol. The largest absolute Gasteiger partial charge is 0.373 e. The third-order valence-corrected chi connectivity index (χ3v) is 4.39. The fraction of sp³-hybridized carbons (Fsp3) is 0.643. The Morgan fingerprint density at radius 2 is 2.20 bits per heavy atom. The fourth-order valence-electron chi connectivity index (χ4n) is 3.17. The minimum absolute atomic E-state index is 0.0781. The Balaban J connectivity index is 1.89. The second-order valence-electron chi connectivity index (χ2n) is 5.63. The molecule has 6 heteroatoms. The highest BCUT2D eigenvalue weighted by Gasteiger charge is 2.37. The van der Waals surface area contributed by atoms with Crippen LogP contribution in [0.15, 0.2) is 12.3 Å². The summed E-state index contributed by atoms with van der Waals surface area (Å²) in [7, 11) is 3.78. The minimum atomic E-state index is 0.0781. The lowest BCUT2D eigenvalue weighted by Gasteiger charge is -2.29. The van der Waals surface area contributed by atoms with Gasteiger partial charge in [-0.3, -0.25) is 4.79 Å². The summed E-state index contributed by atoms with van der Waals surface area (Å²) in [6.45, 7) is 1.55. The molecule has 1 aromatic heterocycles. The van der Waals surface area contributed by atoms with Gasteiger partial charge in [-0.25, -0.2) is 4.98 Å². The molecule has 3 heterocycles. The molecule has 6 nitrogen and oxygen atoms in total. The molecule has 20 heavy (non-hydrogen) atoms. The summed E-state index contributed by atoms with van der Waals surface area (Å²) in [6.07, 6.45) is 4.94. The predicted octanol–water partition coefficient (Wildman–Crippen LogP) is 0.965. The van der Waals surface area contributed by atoms with Gasteiger partial charge in [-0.2, -0.15) is 4.98 Å². The van der Waals surface area contributed by atoms with Crippen LogP contribution in [0.5, 0.6) is 0 Å². The van der Waals surface area contributed by atoms with Crippen LogP contribution in [0.2, 0.25) is 0 Å². The molecule has 0 saturated carbocycles. The van der Waals surface area contributed by atoms with Crippen LogP contribution in [-0.2, 0) is 4.79 Å². The molecule has 1 N–H and O–H groups in total. The van der Waals surface area contributed by atoms with E-state index in [1.165, 1.54) is 0 Å². The Bertz CT molecular complexity index is 506. The Labute approximate surface area is 119 Å². The van der Waals surface area contributed by atoms with Gasteiger partial charge in [0.05, 0.1) is 5.92 Å². The molecule has 2 bridgehead atoms. The van der Waals surface area contributed by atoms with E-state index in [1.807, 2.05) is 25.1 Å². The summed E-state index contributed by atoms with van der Waals surface area (Å²) >= 11 is 0. The normalized spacial score (nSPS) is 26.4. The van der Waals surface area contributed by atoms with Crippen molar-refractivity contribution in [3.63, 3.8) is 0 Å². The molecule has 1 aromatic rings. The molecule has 2 atom stereocenters. The predicted molar refractivity (Wildman–Crippen MR) is 77.7 cm³/mol. The second kappa shape index (κ2) is 5.26. The van der Waals surface area contributed by atoms with Crippen LogP contribution >= 0.6 is 0 Å². The van der Waals surface area contributed by atoms with Gasteiger partial charge in [-0.15, -0.1) is 0 Å². The highest BCUT2D eigenvalue weighted by atomic mass is 16.2. The zero-order valence-corrected chi connectivity index (χ0v) is 12.0. The second-order valence-corrected chi connectivity index (χ2v) is 5.63. The lowest BCUT2D eigenvalue weighted by molar-refractivity contribution is -0.134. The quantitative estimate of drug-likeness (QED) is 0.871. The molecule has 0 radical (unpaired) electrons. The molecule has 2 saturated heterocycles. The molecular weight excluding hydrogens is 254 g/mol. The van der Waals surface area contributed by atoms with E-state index in [9.17, 15) is 4.79 Å². The number of hydrogen-bond donors (Lipinski definition) is 1. The zero-order chi connectivity index (χ0) is 14.1. The number of anilines is 2. The van der Waals surface area contributed by atoms with E-state index in [1.54, 1.807) is 6.20 Å². The van der Waals surface area contributed by atoms with E-state index < -0.39 is 0 Å². The first-order valence-electron chi connectivity index (χ1n) is 7.21. The van der Waals surface area contributed by atoms with Gasteiger partial charge >= 0.3 is 0 Å². The van der Waals surface area contributed by atoms with Gasteiger partial charge in [-0.05, 0) is 18.9 Å². The van der Waals surface area contributed by atoms with Gasteiger partial charge < -0.3 is 15.1 Å². The van der Waals surface area contributed by atoms with E-state index in [0.717, 1.165) is 44.1 Å². The van der Waals surface area contributed by atoms with Crippen LogP contribution in [0.3, 0.4) is 0 Å². The highest BCUT2D eigenvalue weighted by molar-refractivity contribution is 5.80. The van der Waals surface area contributed by atoms with Crippen LogP contribution in [0.1, 0.15) is 19.3 Å². The lowest BCUT2D eigenvalue weighted by Crippen LogP contribution is -2.40. The third kappa shape index (κ3) is 2.30. The van der Waals surface area contributed by atoms with Gasteiger partial charge in [0.1, 0.15) is 5.82 Å². The van der Waals surface area contributed by atoms with Crippen LogP contribution < -0.4 is 10.2 Å². The minimum Gasteiger partial charge on any atom is -0.373 e. The van der Waals surface area contributed by atoms with Crippen molar-refractivity contribution in [2.75, 3.05) is 37.4 Å². The van der Waals surface area contributed by atoms with Crippen molar-refractivity contribution < 1.29 is 4.79 Å². The maximum Gasteiger partial charge on any atom is 0.227 e. The number of hydrogen-bond acceptors (Lipinski definition) is 5. The van der Waals surface area contributed by atoms with Crippen molar-refractivity contribution in [2.24, 2.45) is 5.92 Å². The summed E-state index contributed by atoms with van der Waals surface area (Å²) < 4.78 is 0. The maximum atomic E-state index is 12.4. The first kappa shape index (κ1) is 13.1. The molecule has 0 aromatic carbocycles. The van der Waals surface area contributed by atoms with E-state index >= 15 is 0 Å². The van der Waals surface area contributed by atoms with Crippen molar-refractivity contribution in [2.45, 2.75) is 25.3 Å². The van der Waals surface area contributed by atoms with Crippen LogP contribution in [-0.4, -0.2) is 54.0 Å². The number of fused-ring (bicyclic) bond motifs is 3. The molecule has 2 fully saturated rings. The van der Waals surface area contributed by atoms with E-state index in [2.05, 4.69) is 20.2 Å². The number of rotatable bonds is 2. The van der Waals surface area contributed by atoms with Crippen LogP contribution in [0.4, 0.5) is 11.8 Å². The zero-order valence-electron chi connectivity index (χ0n) is 12.0. The Hall–Kier alpha value is -1.85. The molecular formula is C14H21N5O. The molecule has 108 valence electrons. The van der Waals surface area contributed by atoms with Gasteiger partial charge in [0.15, 0.2) is 0 Å². The highest BCUT2D eigenvalue weighted by Crippen LogP contribution is 2.28. The van der Waals surface area contributed by atoms with Gasteiger partial charge in [0, 0.05) is 39.4 Å². The number of nitrogens with zero attached hydrogens (tertiary/aromatic N) is 4. The summed E-state index contributed by atoms with van der Waals surface area (Å²) in [5.41, 5.74) is 0. The summed E-state index contributed by atoms with van der Waals surface area (Å²) in [6, 6.07) is 2.12. The first-order chi connectivity index (χ1) is 9.69. The number of nitrogens with one attached hydrogen (secondary N) is 1. The molecule has 0 aliphatic carbocycles. The Morgan fingerprint density at radius 3 is 3.00 bits per heavy atom. The Kier molecular flexibility index (Phi) is 3.46. The van der Waals surface area contributed by atoms with E-state index in [0.29, 0.717) is 0 Å². The van der Waals surface area contributed by atoms with Crippen LogP contribution in [0, 0.1) is 5.92 Å². The van der Waals surface area contributed by atoms with Gasteiger partial charge in [0.2, 0.25) is 11.9 Å². The maximum absolute atomic E-state index is 12.4. The molecule has 2 aliphatic rings. The SMILES string of the molecule is CNc1ccnc(N2C[C@H]3CCC[C@@H](C2)N(C)C3=O)n1. The Morgan fingerprint density at radius 1 is 1.35 bits per heavy atom. The molecule has 2 aliphatic heterocycles. The number of carbonyl (C=O) groups is 1. The third-order valence-electron chi connectivity index (χ3n) is 4.39. The van der Waals surface area contributed by atoms with Crippen molar-refractivity contribution in [1.82, 2.24) is 14.9 Å². The fourth-order valence-corrected chi connectivity index (χ4v) is 3.17. The molecule has 3 rings (SSSR count). The lowest BCUT2D eigenvalue weighted by atomic mass is 9.99. The van der Waals surface area contributed by atoms with Crippen molar-refractivity contribution in [1.29, 1.82) is 0 Å². The molecule has 0 spiro atoms. The van der Waals surface area contributed by atoms with Gasteiger partial charge in [-0.1, -0.05) is 6.42 Å². The molecule has 1 amide bonds.